The first-order valence-corrected chi connectivity index (χ1v) is 10.1. The molecule has 130 valence electrons. The minimum Gasteiger partial charge on any atom is -0.304 e. The van der Waals surface area contributed by atoms with Gasteiger partial charge in [-0.25, -0.2) is 4.39 Å². The van der Waals surface area contributed by atoms with E-state index in [0.717, 1.165) is 17.9 Å². The van der Waals surface area contributed by atoms with Crippen LogP contribution in [0.5, 0.6) is 0 Å². The molecule has 4 heteroatoms. The highest BCUT2D eigenvalue weighted by Gasteiger charge is 2.14. The number of thioether (sulfide) groups is 1. The minimum atomic E-state index is -0.198. The SMILES string of the molecule is CCSc1ccc(-c2cc(CN(C)C)sc2-c2ccc(F)cc2)cc1. The molecule has 25 heavy (non-hydrogen) atoms. The van der Waals surface area contributed by atoms with Gasteiger partial charge in [-0.15, -0.1) is 23.1 Å². The van der Waals surface area contributed by atoms with Gasteiger partial charge in [-0.3, -0.25) is 0 Å². The third-order valence-corrected chi connectivity index (χ3v) is 5.90. The van der Waals surface area contributed by atoms with Gasteiger partial charge in [0.2, 0.25) is 0 Å². The summed E-state index contributed by atoms with van der Waals surface area (Å²) in [7, 11) is 4.15. The van der Waals surface area contributed by atoms with Crippen LogP contribution in [0.2, 0.25) is 0 Å². The van der Waals surface area contributed by atoms with Gasteiger partial charge in [-0.1, -0.05) is 31.2 Å². The number of hydrogen-bond donors (Lipinski definition) is 0. The topological polar surface area (TPSA) is 3.24 Å². The highest BCUT2D eigenvalue weighted by atomic mass is 32.2. The first-order chi connectivity index (χ1) is 12.1. The van der Waals surface area contributed by atoms with Crippen molar-refractivity contribution >= 4 is 23.1 Å². The second-order valence-electron chi connectivity index (χ2n) is 6.16. The lowest BCUT2D eigenvalue weighted by Crippen LogP contribution is -2.09. The molecule has 0 aliphatic rings. The molecule has 0 atom stereocenters. The van der Waals surface area contributed by atoms with Gasteiger partial charge in [-0.2, -0.15) is 0 Å². The largest absolute Gasteiger partial charge is 0.304 e. The lowest BCUT2D eigenvalue weighted by Gasteiger charge is -2.06. The summed E-state index contributed by atoms with van der Waals surface area (Å²) in [6.45, 7) is 3.07. The fraction of sp³-hybridized carbons (Fsp3) is 0.238. The molecule has 0 amide bonds. The molecule has 2 aromatic carbocycles. The summed E-state index contributed by atoms with van der Waals surface area (Å²) in [5.41, 5.74) is 3.50. The Balaban J connectivity index is 2.03. The summed E-state index contributed by atoms with van der Waals surface area (Å²) in [6, 6.07) is 17.8. The average molecular weight is 372 g/mol. The zero-order valence-corrected chi connectivity index (χ0v) is 16.4. The summed E-state index contributed by atoms with van der Waals surface area (Å²) in [4.78, 5) is 5.97. The number of halogens is 1. The van der Waals surface area contributed by atoms with Gasteiger partial charge in [0.05, 0.1) is 0 Å². The third kappa shape index (κ3) is 4.51. The highest BCUT2D eigenvalue weighted by molar-refractivity contribution is 7.99. The van der Waals surface area contributed by atoms with E-state index >= 15 is 0 Å². The maximum absolute atomic E-state index is 13.3. The van der Waals surface area contributed by atoms with Gasteiger partial charge in [-0.05, 0) is 61.3 Å². The maximum Gasteiger partial charge on any atom is 0.123 e. The van der Waals surface area contributed by atoms with Crippen molar-refractivity contribution in [3.05, 3.63) is 65.3 Å². The van der Waals surface area contributed by atoms with E-state index in [0.29, 0.717) is 0 Å². The Morgan fingerprint density at radius 1 is 0.960 bits per heavy atom. The van der Waals surface area contributed by atoms with E-state index in [9.17, 15) is 4.39 Å². The fourth-order valence-corrected chi connectivity index (χ4v) is 4.72. The van der Waals surface area contributed by atoms with E-state index in [1.165, 1.54) is 37.9 Å². The predicted molar refractivity (Wildman–Crippen MR) is 109 cm³/mol. The van der Waals surface area contributed by atoms with Gasteiger partial charge >= 0.3 is 0 Å². The highest BCUT2D eigenvalue weighted by Crippen LogP contribution is 2.40. The molecule has 0 radical (unpaired) electrons. The Kier molecular flexibility index (Phi) is 5.94. The standard InChI is InChI=1S/C21H22FNS2/c1-4-24-18-11-7-15(8-12-18)20-13-19(14-23(2)3)25-21(20)16-5-9-17(22)10-6-16/h5-13H,4,14H2,1-3H3. The lowest BCUT2D eigenvalue weighted by molar-refractivity contribution is 0.406. The molecule has 0 N–H and O–H groups in total. The van der Waals surface area contributed by atoms with Crippen molar-refractivity contribution < 1.29 is 4.39 Å². The van der Waals surface area contributed by atoms with Crippen LogP contribution in [0, 0.1) is 5.82 Å². The summed E-state index contributed by atoms with van der Waals surface area (Å²) < 4.78 is 13.3. The smallest absolute Gasteiger partial charge is 0.123 e. The fourth-order valence-electron chi connectivity index (χ4n) is 2.76. The number of rotatable bonds is 6. The summed E-state index contributed by atoms with van der Waals surface area (Å²) >= 11 is 3.64. The molecule has 1 nitrogen and oxygen atoms in total. The summed E-state index contributed by atoms with van der Waals surface area (Å²) in [5, 5.41) is 0. The monoisotopic (exact) mass is 371 g/mol. The Hall–Kier alpha value is -1.62. The Bertz CT molecular complexity index is 820. The molecule has 0 unspecified atom stereocenters. The van der Waals surface area contributed by atoms with Crippen LogP contribution in [-0.4, -0.2) is 24.7 Å². The van der Waals surface area contributed by atoms with E-state index in [1.807, 2.05) is 23.9 Å². The molecule has 1 heterocycles. The van der Waals surface area contributed by atoms with E-state index in [-0.39, 0.29) is 5.82 Å². The molecule has 0 spiro atoms. The predicted octanol–water partition coefficient (Wildman–Crippen LogP) is 6.39. The molecule has 0 aliphatic carbocycles. The lowest BCUT2D eigenvalue weighted by atomic mass is 10.0. The van der Waals surface area contributed by atoms with Crippen LogP contribution < -0.4 is 0 Å². The van der Waals surface area contributed by atoms with Crippen LogP contribution in [0.15, 0.2) is 59.5 Å². The van der Waals surface area contributed by atoms with Gasteiger partial charge in [0.25, 0.3) is 0 Å². The molecule has 0 bridgehead atoms. The zero-order valence-electron chi connectivity index (χ0n) is 14.8. The van der Waals surface area contributed by atoms with Crippen LogP contribution >= 0.6 is 23.1 Å². The number of benzene rings is 2. The molecule has 1 aromatic heterocycles. The van der Waals surface area contributed by atoms with Crippen molar-refractivity contribution in [1.82, 2.24) is 4.90 Å². The van der Waals surface area contributed by atoms with Crippen LogP contribution in [0.3, 0.4) is 0 Å². The molecular formula is C21H22FNS2. The van der Waals surface area contributed by atoms with Gasteiger partial charge < -0.3 is 4.90 Å². The number of nitrogens with zero attached hydrogens (tertiary/aromatic N) is 1. The first-order valence-electron chi connectivity index (χ1n) is 8.33. The second-order valence-corrected chi connectivity index (χ2v) is 8.63. The van der Waals surface area contributed by atoms with Crippen LogP contribution in [0.25, 0.3) is 21.6 Å². The second kappa shape index (κ2) is 8.17. The average Bonchev–Trinajstić information content (AvgIpc) is 2.99. The van der Waals surface area contributed by atoms with Gasteiger partial charge in [0.1, 0.15) is 5.82 Å². The van der Waals surface area contributed by atoms with E-state index in [1.54, 1.807) is 11.3 Å². The first kappa shape index (κ1) is 18.2. The van der Waals surface area contributed by atoms with Crippen molar-refractivity contribution in [1.29, 1.82) is 0 Å². The normalized spacial score (nSPS) is 11.2. The zero-order chi connectivity index (χ0) is 17.8. The quantitative estimate of drug-likeness (QED) is 0.462. The van der Waals surface area contributed by atoms with Crippen LogP contribution in [-0.2, 0) is 6.54 Å². The van der Waals surface area contributed by atoms with Crippen molar-refractivity contribution in [2.45, 2.75) is 18.4 Å². The molecule has 3 rings (SSSR count). The minimum absolute atomic E-state index is 0.198. The van der Waals surface area contributed by atoms with Crippen molar-refractivity contribution in [3.8, 4) is 21.6 Å². The van der Waals surface area contributed by atoms with E-state index in [4.69, 9.17) is 0 Å². The maximum atomic E-state index is 13.3. The van der Waals surface area contributed by atoms with Crippen molar-refractivity contribution in [2.75, 3.05) is 19.8 Å². The molecular weight excluding hydrogens is 349 g/mol. The molecule has 3 aromatic rings. The number of hydrogen-bond acceptors (Lipinski definition) is 3. The van der Waals surface area contributed by atoms with E-state index < -0.39 is 0 Å². The van der Waals surface area contributed by atoms with Crippen LogP contribution in [0.4, 0.5) is 4.39 Å². The van der Waals surface area contributed by atoms with Gasteiger partial charge in [0.15, 0.2) is 0 Å². The van der Waals surface area contributed by atoms with Crippen molar-refractivity contribution in [3.63, 3.8) is 0 Å². The Morgan fingerprint density at radius 3 is 2.20 bits per heavy atom. The molecule has 0 saturated carbocycles. The Labute approximate surface area is 157 Å². The Morgan fingerprint density at radius 2 is 1.60 bits per heavy atom. The third-order valence-electron chi connectivity index (χ3n) is 3.84. The van der Waals surface area contributed by atoms with Crippen LogP contribution in [0.1, 0.15) is 11.8 Å². The molecule has 0 aliphatic heterocycles. The van der Waals surface area contributed by atoms with Crippen molar-refractivity contribution in [2.24, 2.45) is 0 Å². The molecule has 0 saturated heterocycles. The number of thiophene rings is 1. The van der Waals surface area contributed by atoms with Gasteiger partial charge in [0, 0.05) is 26.8 Å². The summed E-state index contributed by atoms with van der Waals surface area (Å²) in [6.07, 6.45) is 0. The molecule has 0 fully saturated rings. The van der Waals surface area contributed by atoms with E-state index in [2.05, 4.69) is 56.3 Å². The summed E-state index contributed by atoms with van der Waals surface area (Å²) in [5.74, 6) is 0.877.